The molecule has 1 nitrogen and oxygen atoms in total. The number of rotatable bonds is 7. The molecule has 0 saturated heterocycles. The molecule has 15 heavy (non-hydrogen) atoms. The number of nitriles is 1. The van der Waals surface area contributed by atoms with Gasteiger partial charge in [-0.3, -0.25) is 0 Å². The van der Waals surface area contributed by atoms with Gasteiger partial charge in [-0.05, 0) is 38.0 Å². The van der Waals surface area contributed by atoms with Crippen LogP contribution in [0, 0.1) is 23.2 Å². The van der Waals surface area contributed by atoms with E-state index in [9.17, 15) is 0 Å². The van der Waals surface area contributed by atoms with Gasteiger partial charge in [0, 0.05) is 5.57 Å². The number of hydrogen-bond acceptors (Lipinski definition) is 1. The summed E-state index contributed by atoms with van der Waals surface area (Å²) in [4.78, 5) is 0. The third-order valence-corrected chi connectivity index (χ3v) is 3.05. The van der Waals surface area contributed by atoms with E-state index in [0.717, 1.165) is 17.9 Å². The van der Waals surface area contributed by atoms with Gasteiger partial charge in [0.25, 0.3) is 0 Å². The van der Waals surface area contributed by atoms with Gasteiger partial charge in [0.2, 0.25) is 0 Å². The molecule has 0 amide bonds. The van der Waals surface area contributed by atoms with E-state index < -0.39 is 0 Å². The molecule has 2 atom stereocenters. The minimum absolute atomic E-state index is 0.607. The largest absolute Gasteiger partial charge is 0.193 e. The van der Waals surface area contributed by atoms with Crippen molar-refractivity contribution >= 4 is 0 Å². The van der Waals surface area contributed by atoms with Gasteiger partial charge in [-0.1, -0.05) is 32.4 Å². The molecule has 84 valence electrons. The van der Waals surface area contributed by atoms with E-state index in [2.05, 4.69) is 26.5 Å². The second kappa shape index (κ2) is 8.29. The Kier molecular flexibility index (Phi) is 7.72. The van der Waals surface area contributed by atoms with Crippen LogP contribution in [0.25, 0.3) is 0 Å². The number of hydrogen-bond donors (Lipinski definition) is 0. The first-order valence-corrected chi connectivity index (χ1v) is 5.85. The zero-order chi connectivity index (χ0) is 11.7. The maximum Gasteiger partial charge on any atom is 0.0940 e. The highest BCUT2D eigenvalue weighted by molar-refractivity contribution is 5.16. The summed E-state index contributed by atoms with van der Waals surface area (Å²) < 4.78 is 0. The Morgan fingerprint density at radius 2 is 2.20 bits per heavy atom. The summed E-state index contributed by atoms with van der Waals surface area (Å²) in [6.45, 7) is 10.2. The minimum atomic E-state index is 0.607. The predicted octanol–water partition coefficient (Wildman–Crippen LogP) is 4.47. The van der Waals surface area contributed by atoms with Crippen molar-refractivity contribution in [3.8, 4) is 6.07 Å². The van der Waals surface area contributed by atoms with Crippen LogP contribution in [0.2, 0.25) is 0 Å². The fraction of sp³-hybridized carbons (Fsp3) is 0.643. The Bertz CT molecular complexity index is 245. The number of allylic oxidation sites excluding steroid dienone is 3. The smallest absolute Gasteiger partial charge is 0.0940 e. The lowest BCUT2D eigenvalue weighted by atomic mass is 9.87. The average Bonchev–Trinajstić information content (AvgIpc) is 2.27. The second-order valence-electron chi connectivity index (χ2n) is 4.19. The van der Waals surface area contributed by atoms with E-state index in [1.807, 2.05) is 19.1 Å². The molecule has 0 aliphatic rings. The molecule has 0 bridgehead atoms. The van der Waals surface area contributed by atoms with Gasteiger partial charge >= 0.3 is 0 Å². The van der Waals surface area contributed by atoms with Crippen molar-refractivity contribution in [2.24, 2.45) is 11.8 Å². The first kappa shape index (κ1) is 14.0. The van der Waals surface area contributed by atoms with E-state index in [1.165, 1.54) is 19.3 Å². The summed E-state index contributed by atoms with van der Waals surface area (Å²) in [5, 5.41) is 8.58. The standard InChI is InChI=1S/C14H23N/c1-5-13(4)14(6-2)10-8-7-9-12(3)11-15/h5,9,13-14H,1,6-8,10H2,2-4H3/b12-9+. The summed E-state index contributed by atoms with van der Waals surface area (Å²) in [7, 11) is 0. The molecule has 0 aromatic rings. The van der Waals surface area contributed by atoms with Crippen LogP contribution in [0.4, 0.5) is 0 Å². The van der Waals surface area contributed by atoms with Crippen LogP contribution in [0.15, 0.2) is 24.3 Å². The molecule has 0 N–H and O–H groups in total. The molecule has 0 aliphatic heterocycles. The molecule has 0 aromatic heterocycles. The van der Waals surface area contributed by atoms with Gasteiger partial charge in [0.15, 0.2) is 0 Å². The molecule has 0 rings (SSSR count). The normalized spacial score (nSPS) is 15.5. The van der Waals surface area contributed by atoms with Gasteiger partial charge in [-0.25, -0.2) is 0 Å². The quantitative estimate of drug-likeness (QED) is 0.341. The minimum Gasteiger partial charge on any atom is -0.193 e. The van der Waals surface area contributed by atoms with Gasteiger partial charge in [-0.15, -0.1) is 6.58 Å². The van der Waals surface area contributed by atoms with Gasteiger partial charge < -0.3 is 0 Å². The van der Waals surface area contributed by atoms with Crippen LogP contribution in [-0.4, -0.2) is 0 Å². The molecular formula is C14H23N. The molecule has 2 unspecified atom stereocenters. The highest BCUT2D eigenvalue weighted by Gasteiger charge is 2.11. The summed E-state index contributed by atoms with van der Waals surface area (Å²) in [5.74, 6) is 1.36. The van der Waals surface area contributed by atoms with Crippen molar-refractivity contribution in [2.75, 3.05) is 0 Å². The topological polar surface area (TPSA) is 23.8 Å². The predicted molar refractivity (Wildman–Crippen MR) is 66.4 cm³/mol. The Morgan fingerprint density at radius 1 is 1.53 bits per heavy atom. The molecular weight excluding hydrogens is 182 g/mol. The van der Waals surface area contributed by atoms with E-state index in [4.69, 9.17) is 5.26 Å². The summed E-state index contributed by atoms with van der Waals surface area (Å²) in [6, 6.07) is 2.15. The summed E-state index contributed by atoms with van der Waals surface area (Å²) >= 11 is 0. The maximum atomic E-state index is 8.58. The van der Waals surface area contributed by atoms with Crippen LogP contribution in [0.5, 0.6) is 0 Å². The third-order valence-electron chi connectivity index (χ3n) is 3.05. The van der Waals surface area contributed by atoms with Gasteiger partial charge in [0.05, 0.1) is 6.07 Å². The Morgan fingerprint density at radius 3 is 2.67 bits per heavy atom. The SMILES string of the molecule is C=CC(C)C(CC)CCC/C=C(\C)C#N. The van der Waals surface area contributed by atoms with Crippen LogP contribution in [0.1, 0.15) is 46.5 Å². The first-order valence-electron chi connectivity index (χ1n) is 5.85. The van der Waals surface area contributed by atoms with Crippen LogP contribution in [-0.2, 0) is 0 Å². The first-order chi connectivity index (χ1) is 7.15. The Hall–Kier alpha value is -1.03. The molecule has 0 fully saturated rings. The summed E-state index contributed by atoms with van der Waals surface area (Å²) in [6.07, 6.45) is 8.73. The molecule has 0 aliphatic carbocycles. The lowest BCUT2D eigenvalue weighted by Crippen LogP contribution is -2.07. The lowest BCUT2D eigenvalue weighted by molar-refractivity contribution is 0.371. The van der Waals surface area contributed by atoms with Crippen molar-refractivity contribution in [3.05, 3.63) is 24.3 Å². The number of unbranched alkanes of at least 4 members (excludes halogenated alkanes) is 1. The highest BCUT2D eigenvalue weighted by atomic mass is 14.2. The van der Waals surface area contributed by atoms with Crippen molar-refractivity contribution in [1.82, 2.24) is 0 Å². The second-order valence-corrected chi connectivity index (χ2v) is 4.19. The lowest BCUT2D eigenvalue weighted by Gasteiger charge is -2.18. The Labute approximate surface area is 94.5 Å². The van der Waals surface area contributed by atoms with Crippen molar-refractivity contribution < 1.29 is 0 Å². The van der Waals surface area contributed by atoms with E-state index in [0.29, 0.717) is 5.92 Å². The fourth-order valence-corrected chi connectivity index (χ4v) is 1.78. The molecule has 0 heterocycles. The molecule has 0 spiro atoms. The Balaban J connectivity index is 3.83. The summed E-state index contributed by atoms with van der Waals surface area (Å²) in [5.41, 5.74) is 0.833. The van der Waals surface area contributed by atoms with Crippen LogP contribution >= 0.6 is 0 Å². The third kappa shape index (κ3) is 6.12. The van der Waals surface area contributed by atoms with Crippen molar-refractivity contribution in [3.63, 3.8) is 0 Å². The van der Waals surface area contributed by atoms with Crippen LogP contribution < -0.4 is 0 Å². The zero-order valence-corrected chi connectivity index (χ0v) is 10.3. The van der Waals surface area contributed by atoms with Crippen molar-refractivity contribution in [2.45, 2.75) is 46.5 Å². The van der Waals surface area contributed by atoms with Crippen molar-refractivity contribution in [1.29, 1.82) is 5.26 Å². The van der Waals surface area contributed by atoms with Gasteiger partial charge in [-0.2, -0.15) is 5.26 Å². The van der Waals surface area contributed by atoms with Gasteiger partial charge in [0.1, 0.15) is 0 Å². The van der Waals surface area contributed by atoms with Crippen LogP contribution in [0.3, 0.4) is 0 Å². The molecule has 0 saturated carbocycles. The monoisotopic (exact) mass is 205 g/mol. The fourth-order valence-electron chi connectivity index (χ4n) is 1.78. The van der Waals surface area contributed by atoms with E-state index >= 15 is 0 Å². The zero-order valence-electron chi connectivity index (χ0n) is 10.3. The molecule has 0 radical (unpaired) electrons. The molecule has 1 heteroatoms. The maximum absolute atomic E-state index is 8.58. The molecule has 0 aromatic carbocycles. The highest BCUT2D eigenvalue weighted by Crippen LogP contribution is 2.22. The van der Waals surface area contributed by atoms with E-state index in [-0.39, 0.29) is 0 Å². The van der Waals surface area contributed by atoms with E-state index in [1.54, 1.807) is 0 Å². The number of nitrogens with zero attached hydrogens (tertiary/aromatic N) is 1. The average molecular weight is 205 g/mol.